The van der Waals surface area contributed by atoms with E-state index in [-0.39, 0.29) is 16.9 Å². The zero-order chi connectivity index (χ0) is 19.4. The number of aromatic amines is 1. The maximum Gasteiger partial charge on any atom is 0.342 e. The normalized spacial score (nSPS) is 10.4. The van der Waals surface area contributed by atoms with Gasteiger partial charge in [0.1, 0.15) is 16.9 Å². The molecule has 0 aliphatic rings. The average molecular weight is 362 g/mol. The number of carbonyl (C=O) groups is 2. The van der Waals surface area contributed by atoms with E-state index < -0.39 is 34.4 Å². The molecule has 0 fully saturated rings. The highest BCUT2D eigenvalue weighted by Gasteiger charge is 2.27. The lowest BCUT2D eigenvalue weighted by molar-refractivity contribution is 0.0695. The average Bonchev–Trinajstić information content (AvgIpc) is 2.58. The fraction of sp³-hybridized carbons (Fsp3) is 0.235. The lowest BCUT2D eigenvalue weighted by Crippen LogP contribution is -2.24. The van der Waals surface area contributed by atoms with Crippen LogP contribution in [0.1, 0.15) is 34.1 Å². The number of anilines is 1. The van der Waals surface area contributed by atoms with E-state index in [1.165, 1.54) is 25.3 Å². The van der Waals surface area contributed by atoms with Crippen molar-refractivity contribution in [2.24, 2.45) is 0 Å². The first-order chi connectivity index (χ1) is 12.3. The number of H-pyrrole nitrogens is 1. The quantitative estimate of drug-likeness (QED) is 0.582. The summed E-state index contributed by atoms with van der Waals surface area (Å²) in [6.07, 6.45) is 0.766. The first kappa shape index (κ1) is 18.8. The number of carboxylic acid groups (broad SMARTS) is 2. The molecule has 1 aromatic heterocycles. The van der Waals surface area contributed by atoms with Crippen molar-refractivity contribution in [3.63, 3.8) is 0 Å². The third kappa shape index (κ3) is 3.46. The standard InChI is InChI=1S/C17H18N2O7/c1-3-6-26-9-5-4-8(7-10(9)25-2)11-12(16(21)22)14(18)19-15(20)13(11)17(23)24/h4-5,7H,3,6H2,1-2H3,(H,21,22)(H,23,24)(H3,18,19,20). The van der Waals surface area contributed by atoms with Gasteiger partial charge in [0.2, 0.25) is 0 Å². The Bertz CT molecular complexity index is 918. The van der Waals surface area contributed by atoms with Gasteiger partial charge in [-0.05, 0) is 24.1 Å². The maximum absolute atomic E-state index is 12.0. The topological polar surface area (TPSA) is 152 Å². The molecule has 26 heavy (non-hydrogen) atoms. The lowest BCUT2D eigenvalue weighted by Gasteiger charge is -2.15. The molecule has 0 saturated heterocycles. The Balaban J connectivity index is 2.80. The van der Waals surface area contributed by atoms with E-state index >= 15 is 0 Å². The second-order valence-corrected chi connectivity index (χ2v) is 5.32. The summed E-state index contributed by atoms with van der Waals surface area (Å²) in [4.78, 5) is 37.3. The first-order valence-electron chi connectivity index (χ1n) is 7.65. The van der Waals surface area contributed by atoms with Crippen molar-refractivity contribution in [2.45, 2.75) is 13.3 Å². The third-order valence-electron chi connectivity index (χ3n) is 3.59. The number of nitrogens with one attached hydrogen (secondary N) is 1. The highest BCUT2D eigenvalue weighted by Crippen LogP contribution is 2.36. The summed E-state index contributed by atoms with van der Waals surface area (Å²) in [7, 11) is 1.39. The van der Waals surface area contributed by atoms with Crippen LogP contribution in [0, 0.1) is 0 Å². The van der Waals surface area contributed by atoms with Crippen LogP contribution in [-0.4, -0.2) is 40.9 Å². The zero-order valence-electron chi connectivity index (χ0n) is 14.2. The van der Waals surface area contributed by atoms with E-state index in [4.69, 9.17) is 15.2 Å². The summed E-state index contributed by atoms with van der Waals surface area (Å²) in [6, 6.07) is 4.36. The molecule has 0 unspecified atom stereocenters. The number of aromatic carboxylic acids is 2. The van der Waals surface area contributed by atoms with Gasteiger partial charge in [-0.1, -0.05) is 13.0 Å². The summed E-state index contributed by atoms with van der Waals surface area (Å²) in [5, 5.41) is 18.8. The van der Waals surface area contributed by atoms with Crippen LogP contribution in [0.4, 0.5) is 5.82 Å². The molecule has 0 atom stereocenters. The molecular weight excluding hydrogens is 344 g/mol. The van der Waals surface area contributed by atoms with Gasteiger partial charge in [-0.2, -0.15) is 0 Å². The number of nitrogens with two attached hydrogens (primary N) is 1. The Hall–Kier alpha value is -3.49. The minimum absolute atomic E-state index is 0.151. The number of pyridine rings is 1. The molecule has 138 valence electrons. The molecule has 0 amide bonds. The van der Waals surface area contributed by atoms with Crippen molar-refractivity contribution < 1.29 is 29.3 Å². The Morgan fingerprint density at radius 2 is 1.81 bits per heavy atom. The van der Waals surface area contributed by atoms with Gasteiger partial charge in [0, 0.05) is 5.56 Å². The van der Waals surface area contributed by atoms with Crippen molar-refractivity contribution in [1.82, 2.24) is 4.98 Å². The zero-order valence-corrected chi connectivity index (χ0v) is 14.2. The number of benzene rings is 1. The Labute approximate surface area is 148 Å². The Morgan fingerprint density at radius 1 is 1.15 bits per heavy atom. The molecule has 2 rings (SSSR count). The van der Waals surface area contributed by atoms with Gasteiger partial charge < -0.3 is 30.4 Å². The van der Waals surface area contributed by atoms with Gasteiger partial charge in [-0.15, -0.1) is 0 Å². The minimum atomic E-state index is -1.57. The van der Waals surface area contributed by atoms with Gasteiger partial charge in [-0.25, -0.2) is 9.59 Å². The fourth-order valence-electron chi connectivity index (χ4n) is 2.49. The highest BCUT2D eigenvalue weighted by molar-refractivity contribution is 6.07. The van der Waals surface area contributed by atoms with E-state index in [0.29, 0.717) is 12.4 Å². The summed E-state index contributed by atoms with van der Waals surface area (Å²) in [6.45, 7) is 2.37. The maximum atomic E-state index is 12.0. The molecule has 1 aromatic carbocycles. The fourth-order valence-corrected chi connectivity index (χ4v) is 2.49. The molecule has 0 aliphatic carbocycles. The van der Waals surface area contributed by atoms with Crippen molar-refractivity contribution >= 4 is 17.8 Å². The number of ether oxygens (including phenoxy) is 2. The monoisotopic (exact) mass is 362 g/mol. The number of methoxy groups -OCH3 is 1. The number of nitrogen functional groups attached to an aromatic ring is 1. The van der Waals surface area contributed by atoms with Crippen molar-refractivity contribution in [2.75, 3.05) is 19.5 Å². The van der Waals surface area contributed by atoms with Gasteiger partial charge in [0.25, 0.3) is 5.56 Å². The van der Waals surface area contributed by atoms with Crippen LogP contribution in [0.5, 0.6) is 11.5 Å². The molecule has 0 spiro atoms. The molecule has 9 nitrogen and oxygen atoms in total. The molecule has 2 aromatic rings. The lowest BCUT2D eigenvalue weighted by atomic mass is 9.95. The van der Waals surface area contributed by atoms with E-state index in [2.05, 4.69) is 4.98 Å². The number of aromatic nitrogens is 1. The SMILES string of the molecule is CCCOc1ccc(-c2c(C(=O)O)c(N)[nH]c(=O)c2C(=O)O)cc1OC. The number of hydrogen-bond acceptors (Lipinski definition) is 6. The molecule has 5 N–H and O–H groups in total. The van der Waals surface area contributed by atoms with Gasteiger partial charge >= 0.3 is 11.9 Å². The Kier molecular flexibility index (Phi) is 5.51. The summed E-state index contributed by atoms with van der Waals surface area (Å²) in [5.41, 5.74) is 3.23. The predicted octanol–water partition coefficient (Wildman–Crippen LogP) is 1.82. The molecule has 0 aliphatic heterocycles. The summed E-state index contributed by atoms with van der Waals surface area (Å²) >= 11 is 0. The molecule has 0 radical (unpaired) electrons. The summed E-state index contributed by atoms with van der Waals surface area (Å²) < 4.78 is 10.7. The van der Waals surface area contributed by atoms with Gasteiger partial charge in [-0.3, -0.25) is 4.79 Å². The molecule has 1 heterocycles. The van der Waals surface area contributed by atoms with E-state index in [1.54, 1.807) is 0 Å². The van der Waals surface area contributed by atoms with Crippen LogP contribution < -0.4 is 20.8 Å². The second-order valence-electron chi connectivity index (χ2n) is 5.32. The third-order valence-corrected chi connectivity index (χ3v) is 3.59. The van der Waals surface area contributed by atoms with E-state index in [0.717, 1.165) is 6.42 Å². The largest absolute Gasteiger partial charge is 0.493 e. The number of hydrogen-bond donors (Lipinski definition) is 4. The molecule has 0 saturated carbocycles. The summed E-state index contributed by atoms with van der Waals surface area (Å²) in [5.74, 6) is -2.81. The van der Waals surface area contributed by atoms with Crippen molar-refractivity contribution in [3.05, 3.63) is 39.7 Å². The van der Waals surface area contributed by atoms with Crippen molar-refractivity contribution in [3.8, 4) is 22.6 Å². The number of rotatable bonds is 7. The predicted molar refractivity (Wildman–Crippen MR) is 93.2 cm³/mol. The molecular formula is C17H18N2O7. The Morgan fingerprint density at radius 3 is 2.35 bits per heavy atom. The van der Waals surface area contributed by atoms with Crippen LogP contribution >= 0.6 is 0 Å². The first-order valence-corrected chi connectivity index (χ1v) is 7.65. The molecule has 0 bridgehead atoms. The van der Waals surface area contributed by atoms with Crippen LogP contribution in [0.25, 0.3) is 11.1 Å². The van der Waals surface area contributed by atoms with E-state index in [9.17, 15) is 24.6 Å². The highest BCUT2D eigenvalue weighted by atomic mass is 16.5. The van der Waals surface area contributed by atoms with Crippen molar-refractivity contribution in [1.29, 1.82) is 0 Å². The number of carboxylic acids is 2. The van der Waals surface area contributed by atoms with Crippen LogP contribution in [0.3, 0.4) is 0 Å². The minimum Gasteiger partial charge on any atom is -0.493 e. The smallest absolute Gasteiger partial charge is 0.342 e. The second kappa shape index (κ2) is 7.60. The van der Waals surface area contributed by atoms with Crippen LogP contribution in [0.15, 0.2) is 23.0 Å². The van der Waals surface area contributed by atoms with Gasteiger partial charge in [0.15, 0.2) is 11.5 Å². The van der Waals surface area contributed by atoms with Gasteiger partial charge in [0.05, 0.1) is 13.7 Å². The van der Waals surface area contributed by atoms with E-state index in [1.807, 2.05) is 6.92 Å². The molecule has 9 heteroatoms. The van der Waals surface area contributed by atoms with Crippen LogP contribution in [-0.2, 0) is 0 Å². The van der Waals surface area contributed by atoms with Crippen LogP contribution in [0.2, 0.25) is 0 Å².